The molecule has 1 amide bonds. The number of hydrogen-bond acceptors (Lipinski definition) is 7. The number of ether oxygens (including phenoxy) is 1. The molecule has 0 aliphatic carbocycles. The van der Waals surface area contributed by atoms with E-state index in [1.165, 1.54) is 0 Å². The average Bonchev–Trinajstić information content (AvgIpc) is 3.48. The Morgan fingerprint density at radius 2 is 1.69 bits per heavy atom. The van der Waals surface area contributed by atoms with Crippen molar-refractivity contribution in [1.82, 2.24) is 20.6 Å². The second-order valence-corrected chi connectivity index (χ2v) is 8.68. The highest BCUT2D eigenvalue weighted by molar-refractivity contribution is 5.89. The van der Waals surface area contributed by atoms with Gasteiger partial charge in [-0.1, -0.05) is 64.9 Å². The predicted octanol–water partition coefficient (Wildman–Crippen LogP) is 5.49. The van der Waals surface area contributed by atoms with Crippen molar-refractivity contribution in [1.29, 1.82) is 0 Å². The lowest BCUT2D eigenvalue weighted by atomic mass is 10.1. The summed E-state index contributed by atoms with van der Waals surface area (Å²) in [6.07, 6.45) is 0.00350. The summed E-state index contributed by atoms with van der Waals surface area (Å²) in [7, 11) is 0. The van der Waals surface area contributed by atoms with Gasteiger partial charge in [-0.2, -0.15) is 4.98 Å². The smallest absolute Gasteiger partial charge is 0.261 e. The summed E-state index contributed by atoms with van der Waals surface area (Å²) in [6, 6.07) is 21.5. The van der Waals surface area contributed by atoms with Crippen molar-refractivity contribution in [3.05, 3.63) is 95.1 Å². The summed E-state index contributed by atoms with van der Waals surface area (Å²) in [5.41, 5.74) is 3.35. The molecule has 0 radical (unpaired) electrons. The van der Waals surface area contributed by atoms with Crippen LogP contribution in [-0.4, -0.2) is 21.2 Å². The molecule has 0 bridgehead atoms. The maximum absolute atomic E-state index is 12.6. The summed E-state index contributed by atoms with van der Waals surface area (Å²) in [6.45, 7) is 5.96. The molecule has 36 heavy (non-hydrogen) atoms. The predicted molar refractivity (Wildman–Crippen MR) is 134 cm³/mol. The van der Waals surface area contributed by atoms with E-state index in [1.807, 2.05) is 87.5 Å². The quantitative estimate of drug-likeness (QED) is 0.312. The van der Waals surface area contributed by atoms with Gasteiger partial charge in [0.15, 0.2) is 5.82 Å². The van der Waals surface area contributed by atoms with Crippen LogP contribution in [0.4, 0.5) is 0 Å². The highest BCUT2D eigenvalue weighted by Gasteiger charge is 2.19. The van der Waals surface area contributed by atoms with E-state index in [4.69, 9.17) is 13.8 Å². The fourth-order valence-electron chi connectivity index (χ4n) is 4.06. The molecule has 1 atom stereocenters. The third kappa shape index (κ3) is 4.98. The average molecular weight is 483 g/mol. The molecule has 0 saturated carbocycles. The summed E-state index contributed by atoms with van der Waals surface area (Å²) in [5.74, 6) is 1.70. The van der Waals surface area contributed by atoms with Gasteiger partial charge in [0.25, 0.3) is 5.89 Å². The van der Waals surface area contributed by atoms with Crippen LogP contribution in [0.25, 0.3) is 22.2 Å². The Balaban J connectivity index is 1.37. The molecule has 0 saturated heterocycles. The number of fused-ring (bicyclic) bond motifs is 1. The molecule has 5 aromatic rings. The Labute approximate surface area is 208 Å². The lowest BCUT2D eigenvalue weighted by Gasteiger charge is -2.13. The molecule has 8 heteroatoms. The van der Waals surface area contributed by atoms with E-state index in [9.17, 15) is 4.79 Å². The number of amides is 1. The number of hydrogen-bond donors (Lipinski definition) is 1. The van der Waals surface area contributed by atoms with Crippen molar-refractivity contribution in [2.45, 2.75) is 39.8 Å². The molecule has 2 heterocycles. The molecule has 182 valence electrons. The van der Waals surface area contributed by atoms with Crippen LogP contribution < -0.4 is 10.1 Å². The van der Waals surface area contributed by atoms with Crippen LogP contribution in [0.2, 0.25) is 0 Å². The van der Waals surface area contributed by atoms with Crippen molar-refractivity contribution < 1.29 is 18.6 Å². The summed E-state index contributed by atoms with van der Waals surface area (Å²) < 4.78 is 17.0. The number of aryl methyl sites for hydroxylation is 2. The minimum absolute atomic E-state index is 0.00350. The zero-order valence-corrected chi connectivity index (χ0v) is 20.3. The molecule has 5 rings (SSSR count). The van der Waals surface area contributed by atoms with E-state index < -0.39 is 0 Å². The first-order valence-electron chi connectivity index (χ1n) is 11.7. The molecule has 2 aromatic heterocycles. The zero-order valence-electron chi connectivity index (χ0n) is 20.3. The fraction of sp³-hybridized carbons (Fsp3) is 0.214. The van der Waals surface area contributed by atoms with Gasteiger partial charge in [0.2, 0.25) is 5.91 Å². The van der Waals surface area contributed by atoms with Gasteiger partial charge < -0.3 is 19.1 Å². The van der Waals surface area contributed by atoms with Gasteiger partial charge in [-0.15, -0.1) is 0 Å². The second kappa shape index (κ2) is 10.0. The molecule has 1 unspecified atom stereocenters. The third-order valence-corrected chi connectivity index (χ3v) is 6.10. The number of carbonyl (C=O) groups excluding carboxylic acids is 1. The van der Waals surface area contributed by atoms with Crippen LogP contribution in [-0.2, 0) is 17.8 Å². The molecular weight excluding hydrogens is 456 g/mol. The van der Waals surface area contributed by atoms with Crippen molar-refractivity contribution in [2.75, 3.05) is 0 Å². The Morgan fingerprint density at radius 1 is 0.972 bits per heavy atom. The summed E-state index contributed by atoms with van der Waals surface area (Å²) in [4.78, 5) is 17.1. The molecule has 0 fully saturated rings. The normalized spacial score (nSPS) is 12.0. The Morgan fingerprint density at radius 3 is 2.42 bits per heavy atom. The van der Waals surface area contributed by atoms with Crippen LogP contribution >= 0.6 is 0 Å². The highest BCUT2D eigenvalue weighted by Crippen LogP contribution is 2.34. The summed E-state index contributed by atoms with van der Waals surface area (Å²) in [5, 5.41) is 13.0. The summed E-state index contributed by atoms with van der Waals surface area (Å²) >= 11 is 0. The zero-order chi connectivity index (χ0) is 25.1. The maximum Gasteiger partial charge on any atom is 0.261 e. The molecule has 0 aliphatic rings. The largest absolute Gasteiger partial charge is 0.488 e. The molecule has 0 spiro atoms. The number of aromatic nitrogens is 3. The number of nitrogens with one attached hydrogen (secondary N) is 1. The number of nitrogens with zero attached hydrogens (tertiary/aromatic N) is 3. The molecule has 0 aliphatic heterocycles. The van der Waals surface area contributed by atoms with E-state index in [0.717, 1.165) is 27.6 Å². The van der Waals surface area contributed by atoms with Gasteiger partial charge in [0, 0.05) is 0 Å². The molecule has 3 aromatic carbocycles. The Hall–Kier alpha value is -4.46. The molecular formula is C28H26N4O4. The van der Waals surface area contributed by atoms with Crippen molar-refractivity contribution in [3.8, 4) is 17.2 Å². The van der Waals surface area contributed by atoms with Crippen LogP contribution in [0, 0.1) is 13.8 Å². The van der Waals surface area contributed by atoms with Gasteiger partial charge in [-0.25, -0.2) is 0 Å². The van der Waals surface area contributed by atoms with Gasteiger partial charge >= 0.3 is 0 Å². The Bertz CT molecular complexity index is 1490. The van der Waals surface area contributed by atoms with Gasteiger partial charge in [-0.05, 0) is 49.2 Å². The number of rotatable bonds is 8. The lowest BCUT2D eigenvalue weighted by molar-refractivity contribution is -0.121. The van der Waals surface area contributed by atoms with Crippen molar-refractivity contribution in [2.24, 2.45) is 0 Å². The van der Waals surface area contributed by atoms with Crippen LogP contribution in [0.15, 0.2) is 75.8 Å². The molecule has 1 N–H and O–H groups in total. The van der Waals surface area contributed by atoms with Crippen LogP contribution in [0.1, 0.15) is 41.4 Å². The second-order valence-electron chi connectivity index (χ2n) is 8.68. The minimum Gasteiger partial charge on any atom is -0.488 e. The molecule has 8 nitrogen and oxygen atoms in total. The third-order valence-electron chi connectivity index (χ3n) is 6.10. The Kier molecular flexibility index (Phi) is 6.49. The minimum atomic E-state index is -0.188. The highest BCUT2D eigenvalue weighted by atomic mass is 16.5. The van der Waals surface area contributed by atoms with E-state index in [0.29, 0.717) is 22.9 Å². The van der Waals surface area contributed by atoms with Gasteiger partial charge in [-0.3, -0.25) is 4.79 Å². The first-order valence-corrected chi connectivity index (χ1v) is 11.7. The first-order chi connectivity index (χ1) is 17.5. The SMILES string of the molecule is Cc1noc(C)c1COc1cc2ccccc2cc1-c1nc(CC(=O)NC(C)c2ccccc2)no1. The maximum atomic E-state index is 12.6. The first kappa shape index (κ1) is 23.3. The topological polar surface area (TPSA) is 103 Å². The van der Waals surface area contributed by atoms with E-state index in [1.54, 1.807) is 0 Å². The van der Waals surface area contributed by atoms with E-state index in [2.05, 4.69) is 20.6 Å². The van der Waals surface area contributed by atoms with Gasteiger partial charge in [0.1, 0.15) is 18.1 Å². The van der Waals surface area contributed by atoms with E-state index >= 15 is 0 Å². The lowest BCUT2D eigenvalue weighted by Crippen LogP contribution is -2.28. The number of carbonyl (C=O) groups is 1. The number of benzene rings is 3. The van der Waals surface area contributed by atoms with Crippen LogP contribution in [0.3, 0.4) is 0 Å². The van der Waals surface area contributed by atoms with Crippen molar-refractivity contribution in [3.63, 3.8) is 0 Å². The van der Waals surface area contributed by atoms with Gasteiger partial charge in [0.05, 0.1) is 29.3 Å². The standard InChI is InChI=1S/C28H26N4O4/c1-17(20-9-5-4-6-10-20)29-27(33)15-26-30-28(36-32-26)23-13-21-11-7-8-12-22(21)14-25(23)34-16-24-18(2)31-35-19(24)3/h4-14,17H,15-16H2,1-3H3,(H,29,33). The monoisotopic (exact) mass is 482 g/mol. The van der Waals surface area contributed by atoms with Crippen LogP contribution in [0.5, 0.6) is 5.75 Å². The van der Waals surface area contributed by atoms with Crippen molar-refractivity contribution >= 4 is 16.7 Å². The fourth-order valence-corrected chi connectivity index (χ4v) is 4.06. The van der Waals surface area contributed by atoms with E-state index in [-0.39, 0.29) is 30.9 Å².